The Hall–Kier alpha value is -0.830. The predicted octanol–water partition coefficient (Wildman–Crippen LogP) is 4.46. The number of rotatable bonds is 1. The molecule has 4 fully saturated rings. The average molecular weight is 358 g/mol. The Kier molecular flexibility index (Phi) is 3.88. The van der Waals surface area contributed by atoms with Crippen LogP contribution in [0.1, 0.15) is 71.6 Å². The maximum absolute atomic E-state index is 11.6. The van der Waals surface area contributed by atoms with E-state index in [0.717, 1.165) is 23.7 Å². The topological polar surface area (TPSA) is 52.3 Å². The lowest BCUT2D eigenvalue weighted by Crippen LogP contribution is -2.54. The average Bonchev–Trinajstić information content (AvgIpc) is 3.18. The monoisotopic (exact) mass is 357 g/mol. The van der Waals surface area contributed by atoms with Crippen LogP contribution >= 0.6 is 0 Å². The molecule has 2 N–H and O–H groups in total. The second-order valence-corrected chi connectivity index (χ2v) is 10.7. The number of carbonyl (C=O) groups is 1. The minimum atomic E-state index is -0.118. The molecule has 4 saturated carbocycles. The Morgan fingerprint density at radius 3 is 2.54 bits per heavy atom. The van der Waals surface area contributed by atoms with E-state index in [0.29, 0.717) is 29.4 Å². The van der Waals surface area contributed by atoms with Crippen LogP contribution in [-0.2, 0) is 9.53 Å². The Morgan fingerprint density at radius 1 is 1.00 bits per heavy atom. The van der Waals surface area contributed by atoms with Crippen LogP contribution in [0.15, 0.2) is 11.6 Å². The van der Waals surface area contributed by atoms with Gasteiger partial charge in [-0.25, -0.2) is 4.79 Å². The molecule has 26 heavy (non-hydrogen) atoms. The third-order valence-corrected chi connectivity index (χ3v) is 9.84. The summed E-state index contributed by atoms with van der Waals surface area (Å²) in [6.45, 7) is 5.71. The molecule has 1 heterocycles. The summed E-state index contributed by atoms with van der Waals surface area (Å²) in [4.78, 5) is 11.6. The summed E-state index contributed by atoms with van der Waals surface area (Å²) in [6.07, 6.45) is 13.8. The SMILES string of the molecule is C[C@]12CC[C@H]3[C@@H](CCC4CC(N)CC[C@@]43C)[C@H]1CC[C@@H]2C1=CC(=O)OC1. The number of cyclic esters (lactones) is 1. The lowest BCUT2D eigenvalue weighted by molar-refractivity contribution is -0.135. The number of hydrogen-bond acceptors (Lipinski definition) is 3. The van der Waals surface area contributed by atoms with E-state index in [1.54, 1.807) is 0 Å². The number of carbonyl (C=O) groups excluding carboxylic acids is 1. The Morgan fingerprint density at radius 2 is 1.77 bits per heavy atom. The van der Waals surface area contributed by atoms with E-state index in [-0.39, 0.29) is 5.97 Å². The minimum absolute atomic E-state index is 0.118. The summed E-state index contributed by atoms with van der Waals surface area (Å²) in [5.74, 6) is 3.96. The van der Waals surface area contributed by atoms with E-state index >= 15 is 0 Å². The highest BCUT2D eigenvalue weighted by Crippen LogP contribution is 2.68. The molecular weight excluding hydrogens is 322 g/mol. The first kappa shape index (κ1) is 17.3. The van der Waals surface area contributed by atoms with Crippen LogP contribution in [0.5, 0.6) is 0 Å². The molecular formula is C23H35NO2. The van der Waals surface area contributed by atoms with Gasteiger partial charge in [0.15, 0.2) is 0 Å². The van der Waals surface area contributed by atoms with Crippen molar-refractivity contribution < 1.29 is 9.53 Å². The zero-order valence-electron chi connectivity index (χ0n) is 16.5. The molecule has 0 radical (unpaired) electrons. The van der Waals surface area contributed by atoms with Gasteiger partial charge in [-0.05, 0) is 104 Å². The summed E-state index contributed by atoms with van der Waals surface area (Å²) in [6, 6.07) is 0.446. The molecule has 0 spiro atoms. The molecule has 0 amide bonds. The molecule has 8 atom stereocenters. The van der Waals surface area contributed by atoms with Crippen LogP contribution in [0.2, 0.25) is 0 Å². The normalized spacial score (nSPS) is 53.3. The van der Waals surface area contributed by atoms with Crippen LogP contribution in [0.3, 0.4) is 0 Å². The molecule has 0 aromatic carbocycles. The van der Waals surface area contributed by atoms with Crippen molar-refractivity contribution in [2.75, 3.05) is 6.61 Å². The molecule has 3 nitrogen and oxygen atoms in total. The first-order valence-corrected chi connectivity index (χ1v) is 11.0. The maximum atomic E-state index is 11.6. The molecule has 4 aliphatic carbocycles. The lowest BCUT2D eigenvalue weighted by atomic mass is 9.44. The van der Waals surface area contributed by atoms with Gasteiger partial charge in [0.25, 0.3) is 0 Å². The Bertz CT molecular complexity index is 642. The molecule has 1 aliphatic heterocycles. The largest absolute Gasteiger partial charge is 0.458 e. The van der Waals surface area contributed by atoms with Gasteiger partial charge < -0.3 is 10.5 Å². The summed E-state index contributed by atoms with van der Waals surface area (Å²) in [5.41, 5.74) is 8.54. The van der Waals surface area contributed by atoms with E-state index in [1.165, 1.54) is 63.4 Å². The smallest absolute Gasteiger partial charge is 0.331 e. The molecule has 5 rings (SSSR count). The fraction of sp³-hybridized carbons (Fsp3) is 0.870. The highest BCUT2D eigenvalue weighted by Gasteiger charge is 2.60. The molecule has 0 bridgehead atoms. The summed E-state index contributed by atoms with van der Waals surface area (Å²) in [5, 5.41) is 0. The number of esters is 1. The van der Waals surface area contributed by atoms with Crippen molar-refractivity contribution >= 4 is 5.97 Å². The minimum Gasteiger partial charge on any atom is -0.458 e. The molecule has 144 valence electrons. The second-order valence-electron chi connectivity index (χ2n) is 10.7. The number of ether oxygens (including phenoxy) is 1. The van der Waals surface area contributed by atoms with Gasteiger partial charge in [-0.3, -0.25) is 0 Å². The fourth-order valence-electron chi connectivity index (χ4n) is 8.49. The molecule has 0 aromatic heterocycles. The van der Waals surface area contributed by atoms with Crippen LogP contribution < -0.4 is 5.73 Å². The van der Waals surface area contributed by atoms with E-state index in [9.17, 15) is 4.79 Å². The van der Waals surface area contributed by atoms with Crippen molar-refractivity contribution in [1.82, 2.24) is 0 Å². The molecule has 0 aromatic rings. The third kappa shape index (κ3) is 2.31. The van der Waals surface area contributed by atoms with Crippen molar-refractivity contribution in [2.45, 2.75) is 77.7 Å². The predicted molar refractivity (Wildman–Crippen MR) is 102 cm³/mol. The zero-order chi connectivity index (χ0) is 18.1. The Balaban J connectivity index is 1.41. The van der Waals surface area contributed by atoms with E-state index in [2.05, 4.69) is 13.8 Å². The number of fused-ring (bicyclic) bond motifs is 5. The lowest BCUT2D eigenvalue weighted by Gasteiger charge is -2.61. The zero-order valence-corrected chi connectivity index (χ0v) is 16.5. The van der Waals surface area contributed by atoms with Crippen LogP contribution in [0, 0.1) is 40.4 Å². The van der Waals surface area contributed by atoms with Crippen molar-refractivity contribution in [1.29, 1.82) is 0 Å². The highest BCUT2D eigenvalue weighted by atomic mass is 16.5. The highest BCUT2D eigenvalue weighted by molar-refractivity contribution is 5.85. The van der Waals surface area contributed by atoms with Crippen LogP contribution in [-0.4, -0.2) is 18.6 Å². The molecule has 0 saturated heterocycles. The van der Waals surface area contributed by atoms with Crippen LogP contribution in [0.25, 0.3) is 0 Å². The first-order valence-electron chi connectivity index (χ1n) is 11.0. The van der Waals surface area contributed by atoms with Gasteiger partial charge in [-0.15, -0.1) is 0 Å². The van der Waals surface area contributed by atoms with Crippen molar-refractivity contribution in [3.63, 3.8) is 0 Å². The second kappa shape index (κ2) is 5.83. The summed E-state index contributed by atoms with van der Waals surface area (Å²) >= 11 is 0. The van der Waals surface area contributed by atoms with Gasteiger partial charge in [0.2, 0.25) is 0 Å². The molecule has 2 unspecified atom stereocenters. The standard InChI is InChI=1S/C23H35NO2/c1-22-9-7-16(24)12-15(22)3-4-17-19-6-5-18(14-11-21(25)26-13-14)23(19,2)10-8-20(17)22/h11,15-20H,3-10,12-13,24H2,1-2H3/t15?,16?,17-,18+,19+,20-,22-,23+/m0/s1. The number of hydrogen-bond donors (Lipinski definition) is 1. The van der Waals surface area contributed by atoms with Gasteiger partial charge >= 0.3 is 5.97 Å². The van der Waals surface area contributed by atoms with Gasteiger partial charge in [-0.2, -0.15) is 0 Å². The van der Waals surface area contributed by atoms with Gasteiger partial charge in [0.05, 0.1) is 0 Å². The van der Waals surface area contributed by atoms with E-state index in [1.807, 2.05) is 6.08 Å². The fourth-order valence-corrected chi connectivity index (χ4v) is 8.49. The molecule has 3 heteroatoms. The van der Waals surface area contributed by atoms with Gasteiger partial charge in [-0.1, -0.05) is 13.8 Å². The third-order valence-electron chi connectivity index (χ3n) is 9.84. The van der Waals surface area contributed by atoms with Gasteiger partial charge in [0, 0.05) is 12.1 Å². The first-order chi connectivity index (χ1) is 12.4. The van der Waals surface area contributed by atoms with E-state index in [4.69, 9.17) is 10.5 Å². The van der Waals surface area contributed by atoms with Crippen molar-refractivity contribution in [3.05, 3.63) is 11.6 Å². The van der Waals surface area contributed by atoms with E-state index < -0.39 is 0 Å². The quantitative estimate of drug-likeness (QED) is 0.705. The van der Waals surface area contributed by atoms with Gasteiger partial charge in [0.1, 0.15) is 6.61 Å². The van der Waals surface area contributed by atoms with Crippen molar-refractivity contribution in [3.8, 4) is 0 Å². The maximum Gasteiger partial charge on any atom is 0.331 e. The summed E-state index contributed by atoms with van der Waals surface area (Å²) < 4.78 is 5.26. The summed E-state index contributed by atoms with van der Waals surface area (Å²) in [7, 11) is 0. The van der Waals surface area contributed by atoms with Crippen molar-refractivity contribution in [2.24, 2.45) is 46.2 Å². The number of nitrogens with two attached hydrogens (primary N) is 1. The van der Waals surface area contributed by atoms with Crippen LogP contribution in [0.4, 0.5) is 0 Å². The molecule has 5 aliphatic rings. The Labute approximate surface area is 158 Å².